The monoisotopic (exact) mass is 434 g/mol. The summed E-state index contributed by atoms with van der Waals surface area (Å²) in [6.45, 7) is 2.98. The average Bonchev–Trinajstić information content (AvgIpc) is 3.37. The van der Waals surface area contributed by atoms with Gasteiger partial charge in [0.1, 0.15) is 18.0 Å². The number of likely N-dealkylation sites (tertiary alicyclic amines) is 1. The second kappa shape index (κ2) is 8.44. The minimum Gasteiger partial charge on any atom is -0.406 e. The zero-order valence-corrected chi connectivity index (χ0v) is 16.8. The van der Waals surface area contributed by atoms with Crippen LogP contribution in [0.2, 0.25) is 0 Å². The van der Waals surface area contributed by atoms with E-state index >= 15 is 0 Å². The molecule has 0 saturated carbocycles. The van der Waals surface area contributed by atoms with Gasteiger partial charge in [0.15, 0.2) is 0 Å². The fourth-order valence-electron chi connectivity index (χ4n) is 3.70. The number of nitrogens with zero attached hydrogens (tertiary/aromatic N) is 4. The van der Waals surface area contributed by atoms with Crippen LogP contribution in [0.25, 0.3) is 23.0 Å². The fourth-order valence-corrected chi connectivity index (χ4v) is 3.70. The lowest BCUT2D eigenvalue weighted by molar-refractivity contribution is -0.274. The molecule has 0 N–H and O–H groups in total. The highest BCUT2D eigenvalue weighted by molar-refractivity contribution is 5.77. The first-order valence-corrected chi connectivity index (χ1v) is 9.95. The Morgan fingerprint density at radius 1 is 1.23 bits per heavy atom. The summed E-state index contributed by atoms with van der Waals surface area (Å²) >= 11 is 0. The van der Waals surface area contributed by atoms with Crippen LogP contribution in [-0.4, -0.2) is 44.5 Å². The third-order valence-electron chi connectivity index (χ3n) is 5.25. The summed E-state index contributed by atoms with van der Waals surface area (Å²) in [6.07, 6.45) is 0.164. The molecule has 1 aliphatic rings. The van der Waals surface area contributed by atoms with E-state index in [-0.39, 0.29) is 36.0 Å². The maximum absolute atomic E-state index is 12.8. The molecule has 3 aromatic rings. The number of carbonyl (C=O) groups is 1. The van der Waals surface area contributed by atoms with Crippen LogP contribution in [0, 0.1) is 0 Å². The van der Waals surface area contributed by atoms with Gasteiger partial charge in [-0.15, -0.1) is 13.2 Å². The third-order valence-corrected chi connectivity index (χ3v) is 5.25. The molecule has 0 spiro atoms. The van der Waals surface area contributed by atoms with Crippen molar-refractivity contribution in [3.05, 3.63) is 42.6 Å². The van der Waals surface area contributed by atoms with Crippen LogP contribution in [0.5, 0.6) is 5.75 Å². The van der Waals surface area contributed by atoms with Crippen molar-refractivity contribution >= 4 is 5.91 Å². The second-order valence-corrected chi connectivity index (χ2v) is 7.45. The van der Waals surface area contributed by atoms with Crippen molar-refractivity contribution in [1.29, 1.82) is 0 Å². The quantitative estimate of drug-likeness (QED) is 0.591. The molecular formula is C21H21F3N4O3. The Balaban J connectivity index is 1.49. The SMILES string of the molecule is C[C@H]1CCCCN1C(=O)Cn1cccc1-c1nc(-c2ccc(OC(F)(F)F)cc2)no1. The Kier molecular flexibility index (Phi) is 5.71. The first-order chi connectivity index (χ1) is 14.8. The average molecular weight is 434 g/mol. The number of ether oxygens (including phenoxy) is 1. The van der Waals surface area contributed by atoms with Gasteiger partial charge in [-0.05, 0) is 62.6 Å². The van der Waals surface area contributed by atoms with Crippen LogP contribution < -0.4 is 4.74 Å². The number of hydrogen-bond acceptors (Lipinski definition) is 5. The number of amides is 1. The van der Waals surface area contributed by atoms with Crippen molar-refractivity contribution in [2.24, 2.45) is 0 Å². The van der Waals surface area contributed by atoms with Crippen LogP contribution in [0.4, 0.5) is 13.2 Å². The van der Waals surface area contributed by atoms with E-state index in [1.165, 1.54) is 24.3 Å². The number of rotatable bonds is 5. The molecule has 0 aliphatic carbocycles. The smallest absolute Gasteiger partial charge is 0.406 e. The van der Waals surface area contributed by atoms with Gasteiger partial charge in [0.05, 0.1) is 0 Å². The van der Waals surface area contributed by atoms with Crippen molar-refractivity contribution in [3.63, 3.8) is 0 Å². The van der Waals surface area contributed by atoms with Gasteiger partial charge < -0.3 is 18.7 Å². The Bertz CT molecular complexity index is 1040. The van der Waals surface area contributed by atoms with Crippen LogP contribution in [0.15, 0.2) is 47.1 Å². The molecule has 1 amide bonds. The molecule has 2 aromatic heterocycles. The highest BCUT2D eigenvalue weighted by Gasteiger charge is 2.31. The third kappa shape index (κ3) is 4.89. The predicted octanol–water partition coefficient (Wildman–Crippen LogP) is 4.50. The van der Waals surface area contributed by atoms with Crippen molar-refractivity contribution in [1.82, 2.24) is 19.6 Å². The number of piperidine rings is 1. The van der Waals surface area contributed by atoms with Gasteiger partial charge in [0, 0.05) is 24.3 Å². The maximum Gasteiger partial charge on any atom is 0.573 e. The molecule has 164 valence electrons. The highest BCUT2D eigenvalue weighted by Crippen LogP contribution is 2.27. The van der Waals surface area contributed by atoms with E-state index < -0.39 is 6.36 Å². The largest absolute Gasteiger partial charge is 0.573 e. The second-order valence-electron chi connectivity index (χ2n) is 7.45. The van der Waals surface area contributed by atoms with Gasteiger partial charge in [-0.3, -0.25) is 4.79 Å². The Hall–Kier alpha value is -3.30. The van der Waals surface area contributed by atoms with E-state index in [9.17, 15) is 18.0 Å². The molecule has 1 fully saturated rings. The summed E-state index contributed by atoms with van der Waals surface area (Å²) in [5.41, 5.74) is 1.06. The summed E-state index contributed by atoms with van der Waals surface area (Å²) in [6, 6.07) is 8.96. The molecule has 0 bridgehead atoms. The molecule has 7 nitrogen and oxygen atoms in total. The van der Waals surface area contributed by atoms with E-state index in [2.05, 4.69) is 21.8 Å². The molecule has 1 atom stereocenters. The van der Waals surface area contributed by atoms with E-state index in [1.54, 1.807) is 22.9 Å². The Morgan fingerprint density at radius 2 is 2.00 bits per heavy atom. The molecule has 4 rings (SSSR count). The minimum absolute atomic E-state index is 0.0321. The summed E-state index contributed by atoms with van der Waals surface area (Å²) in [5, 5.41) is 3.91. The van der Waals surface area contributed by atoms with Gasteiger partial charge >= 0.3 is 6.36 Å². The molecule has 1 aromatic carbocycles. The molecule has 0 unspecified atom stereocenters. The molecule has 31 heavy (non-hydrogen) atoms. The van der Waals surface area contributed by atoms with E-state index in [1.807, 2.05) is 4.90 Å². The zero-order chi connectivity index (χ0) is 22.0. The van der Waals surface area contributed by atoms with Crippen molar-refractivity contribution in [2.75, 3.05) is 6.54 Å². The van der Waals surface area contributed by atoms with Gasteiger partial charge in [-0.2, -0.15) is 4.98 Å². The van der Waals surface area contributed by atoms with Gasteiger partial charge in [0.25, 0.3) is 5.89 Å². The molecule has 1 aliphatic heterocycles. The van der Waals surface area contributed by atoms with Gasteiger partial charge in [0.2, 0.25) is 11.7 Å². The number of carbonyl (C=O) groups excluding carboxylic acids is 1. The minimum atomic E-state index is -4.75. The van der Waals surface area contributed by atoms with Gasteiger partial charge in [-0.1, -0.05) is 5.16 Å². The lowest BCUT2D eigenvalue weighted by Gasteiger charge is -2.33. The number of benzene rings is 1. The number of alkyl halides is 3. The Labute approximate surface area is 176 Å². The summed E-state index contributed by atoms with van der Waals surface area (Å²) in [4.78, 5) is 19.0. The van der Waals surface area contributed by atoms with Crippen molar-refractivity contribution in [2.45, 2.75) is 45.1 Å². The number of aromatic nitrogens is 3. The highest BCUT2D eigenvalue weighted by atomic mass is 19.4. The maximum atomic E-state index is 12.8. The van der Waals surface area contributed by atoms with Crippen LogP contribution in [0.3, 0.4) is 0 Å². The summed E-state index contributed by atoms with van der Waals surface area (Å²) in [7, 11) is 0. The van der Waals surface area contributed by atoms with Crippen molar-refractivity contribution < 1.29 is 27.2 Å². The van der Waals surface area contributed by atoms with E-state index in [0.29, 0.717) is 11.3 Å². The first kappa shape index (κ1) is 21.0. The predicted molar refractivity (Wildman–Crippen MR) is 105 cm³/mol. The summed E-state index contributed by atoms with van der Waals surface area (Å²) < 4.78 is 47.9. The Morgan fingerprint density at radius 3 is 2.71 bits per heavy atom. The van der Waals surface area contributed by atoms with Gasteiger partial charge in [-0.25, -0.2) is 0 Å². The molecule has 0 radical (unpaired) electrons. The lowest BCUT2D eigenvalue weighted by Crippen LogP contribution is -2.43. The van der Waals surface area contributed by atoms with Crippen LogP contribution in [-0.2, 0) is 11.3 Å². The van der Waals surface area contributed by atoms with Crippen LogP contribution >= 0.6 is 0 Å². The summed E-state index contributed by atoms with van der Waals surface area (Å²) in [5.74, 6) is 0.135. The van der Waals surface area contributed by atoms with Crippen molar-refractivity contribution in [3.8, 4) is 28.7 Å². The standard InChI is InChI=1S/C21H21F3N4O3/c1-14-5-2-3-12-28(14)18(29)13-27-11-4-6-17(27)20-25-19(26-31-20)15-7-9-16(10-8-15)30-21(22,23)24/h4,6-11,14H,2-3,5,12-13H2,1H3/t14-/m0/s1. The first-order valence-electron chi connectivity index (χ1n) is 9.95. The fraction of sp³-hybridized carbons (Fsp3) is 0.381. The van der Waals surface area contributed by atoms with E-state index in [0.717, 1.165) is 25.8 Å². The molecule has 3 heterocycles. The normalized spacial score (nSPS) is 17.0. The van der Waals surface area contributed by atoms with Crippen LogP contribution in [0.1, 0.15) is 26.2 Å². The van der Waals surface area contributed by atoms with E-state index in [4.69, 9.17) is 4.52 Å². The number of hydrogen-bond donors (Lipinski definition) is 0. The molecule has 10 heteroatoms. The molecule has 1 saturated heterocycles. The molecular weight excluding hydrogens is 413 g/mol. The topological polar surface area (TPSA) is 73.4 Å². The lowest BCUT2D eigenvalue weighted by atomic mass is 10.0. The number of halogens is 3. The zero-order valence-electron chi connectivity index (χ0n) is 16.8.